The fourth-order valence-corrected chi connectivity index (χ4v) is 4.77. The third-order valence-corrected chi connectivity index (χ3v) is 6.38. The fraction of sp³-hybridized carbons (Fsp3) is 0.500. The number of sulfonamides is 1. The van der Waals surface area contributed by atoms with Gasteiger partial charge in [0.1, 0.15) is 6.04 Å². The number of amides is 1. The van der Waals surface area contributed by atoms with E-state index >= 15 is 0 Å². The summed E-state index contributed by atoms with van der Waals surface area (Å²) in [5.41, 5.74) is 1.76. The molecule has 1 saturated carbocycles. The third kappa shape index (κ3) is 2.20. The fourth-order valence-electron chi connectivity index (χ4n) is 3.19. The maximum Gasteiger partial charge on any atom is 0.247 e. The average Bonchev–Trinajstić information content (AvgIpc) is 3.21. The highest BCUT2D eigenvalue weighted by Crippen LogP contribution is 2.37. The number of nitrogens with one attached hydrogen (secondary N) is 2. The Hall–Kier alpha value is -1.60. The number of fused-ring (bicyclic) bond motifs is 3. The molecule has 1 aliphatic carbocycles. The lowest BCUT2D eigenvalue weighted by Gasteiger charge is -2.32. The van der Waals surface area contributed by atoms with Gasteiger partial charge in [-0.1, -0.05) is 12.1 Å². The number of carbonyl (C=O) groups is 1. The van der Waals surface area contributed by atoms with Gasteiger partial charge < -0.3 is 10.2 Å². The minimum absolute atomic E-state index is 0.0539. The number of rotatable bonds is 3. The number of benzene rings is 1. The van der Waals surface area contributed by atoms with Crippen molar-refractivity contribution in [3.8, 4) is 0 Å². The van der Waals surface area contributed by atoms with Crippen LogP contribution >= 0.6 is 0 Å². The smallest absolute Gasteiger partial charge is 0.247 e. The Bertz CT molecular complexity index is 699. The molecule has 2 atom stereocenters. The first-order valence-electron chi connectivity index (χ1n) is 7.22. The summed E-state index contributed by atoms with van der Waals surface area (Å²) in [6, 6.07) is 7.15. The Morgan fingerprint density at radius 3 is 2.76 bits per heavy atom. The van der Waals surface area contributed by atoms with E-state index in [9.17, 15) is 13.2 Å². The quantitative estimate of drug-likeness (QED) is 0.860. The molecule has 0 spiro atoms. The largest absolute Gasteiger partial charge is 0.356 e. The van der Waals surface area contributed by atoms with Crippen molar-refractivity contribution < 1.29 is 13.2 Å². The molecule has 2 aliphatic heterocycles. The van der Waals surface area contributed by atoms with Gasteiger partial charge in [-0.2, -0.15) is 0 Å². The molecule has 1 saturated heterocycles. The molecule has 1 aromatic carbocycles. The van der Waals surface area contributed by atoms with Gasteiger partial charge in [0.05, 0.1) is 16.6 Å². The minimum atomic E-state index is -3.22. The van der Waals surface area contributed by atoms with Gasteiger partial charge in [-0.25, -0.2) is 13.1 Å². The van der Waals surface area contributed by atoms with Gasteiger partial charge in [0.15, 0.2) is 0 Å². The maximum absolute atomic E-state index is 12.2. The normalized spacial score (nSPS) is 28.0. The topological polar surface area (TPSA) is 78.5 Å². The zero-order valence-electron chi connectivity index (χ0n) is 11.5. The van der Waals surface area contributed by atoms with Crippen LogP contribution in [0.2, 0.25) is 0 Å². The molecule has 0 bridgehead atoms. The van der Waals surface area contributed by atoms with Crippen LogP contribution in [0.3, 0.4) is 0 Å². The Morgan fingerprint density at radius 2 is 2.00 bits per heavy atom. The van der Waals surface area contributed by atoms with Crippen molar-refractivity contribution in [2.75, 3.05) is 16.8 Å². The van der Waals surface area contributed by atoms with E-state index in [2.05, 4.69) is 10.0 Å². The Kier molecular flexibility index (Phi) is 2.77. The lowest BCUT2D eigenvalue weighted by molar-refractivity contribution is -0.117. The Morgan fingerprint density at radius 1 is 1.24 bits per heavy atom. The number of hydrogen-bond acceptors (Lipinski definition) is 4. The summed E-state index contributed by atoms with van der Waals surface area (Å²) < 4.78 is 26.9. The highest BCUT2D eigenvalue weighted by molar-refractivity contribution is 7.90. The van der Waals surface area contributed by atoms with Crippen LogP contribution in [0, 0.1) is 0 Å². The summed E-state index contributed by atoms with van der Waals surface area (Å²) in [6.45, 7) is 0.543. The summed E-state index contributed by atoms with van der Waals surface area (Å²) in [5.74, 6) is -0.0539. The molecule has 1 amide bonds. The summed E-state index contributed by atoms with van der Waals surface area (Å²) in [4.78, 5) is 14.2. The lowest BCUT2D eigenvalue weighted by atomic mass is 10.1. The van der Waals surface area contributed by atoms with Crippen molar-refractivity contribution in [2.24, 2.45) is 0 Å². The lowest BCUT2D eigenvalue weighted by Crippen LogP contribution is -2.44. The molecule has 2 unspecified atom stereocenters. The van der Waals surface area contributed by atoms with E-state index in [1.165, 1.54) is 0 Å². The Labute approximate surface area is 123 Å². The van der Waals surface area contributed by atoms with Gasteiger partial charge in [-0.3, -0.25) is 4.79 Å². The molecular weight excluding hydrogens is 290 g/mol. The first kappa shape index (κ1) is 13.1. The molecule has 2 N–H and O–H groups in total. The van der Waals surface area contributed by atoms with Crippen LogP contribution in [-0.2, 0) is 14.8 Å². The SMILES string of the molecule is O=C1Nc2ccccc2N2CC(NS(=O)(=O)C3CC3)CC12. The summed E-state index contributed by atoms with van der Waals surface area (Å²) in [6.07, 6.45) is 2.02. The zero-order valence-corrected chi connectivity index (χ0v) is 12.3. The molecule has 2 fully saturated rings. The van der Waals surface area contributed by atoms with Crippen molar-refractivity contribution in [3.05, 3.63) is 24.3 Å². The van der Waals surface area contributed by atoms with E-state index < -0.39 is 10.0 Å². The van der Waals surface area contributed by atoms with Crippen LogP contribution < -0.4 is 14.9 Å². The first-order valence-corrected chi connectivity index (χ1v) is 8.77. The van der Waals surface area contributed by atoms with E-state index in [4.69, 9.17) is 0 Å². The second kappa shape index (κ2) is 4.45. The van der Waals surface area contributed by atoms with Gasteiger partial charge >= 0.3 is 0 Å². The molecular formula is C14H17N3O3S. The molecule has 112 valence electrons. The second-order valence-electron chi connectivity index (χ2n) is 5.97. The predicted octanol–water partition coefficient (Wildman–Crippen LogP) is 0.668. The number of carbonyl (C=O) groups excluding carboxylic acids is 1. The molecule has 0 radical (unpaired) electrons. The molecule has 2 heterocycles. The standard InChI is InChI=1S/C14H17N3O3S/c18-14-13-7-9(16-21(19,20)10-5-6-10)8-17(13)12-4-2-1-3-11(12)15-14/h1-4,9-10,13,16H,5-8H2,(H,15,18). The van der Waals surface area contributed by atoms with E-state index in [1.54, 1.807) is 0 Å². The van der Waals surface area contributed by atoms with E-state index in [0.29, 0.717) is 13.0 Å². The molecule has 0 aromatic heterocycles. The van der Waals surface area contributed by atoms with Crippen LogP contribution in [0.4, 0.5) is 11.4 Å². The third-order valence-electron chi connectivity index (χ3n) is 4.37. The van der Waals surface area contributed by atoms with E-state index in [0.717, 1.165) is 24.2 Å². The molecule has 3 aliphatic rings. The van der Waals surface area contributed by atoms with Gasteiger partial charge in [0.2, 0.25) is 15.9 Å². The summed E-state index contributed by atoms with van der Waals surface area (Å²) in [5, 5.41) is 2.67. The van der Waals surface area contributed by atoms with Crippen molar-refractivity contribution in [2.45, 2.75) is 36.6 Å². The second-order valence-corrected chi connectivity index (χ2v) is 7.96. The highest BCUT2D eigenvalue weighted by Gasteiger charge is 2.44. The number of hydrogen-bond donors (Lipinski definition) is 2. The van der Waals surface area contributed by atoms with Crippen LogP contribution in [0.5, 0.6) is 0 Å². The van der Waals surface area contributed by atoms with Crippen LogP contribution in [0.25, 0.3) is 0 Å². The Balaban J connectivity index is 1.58. The van der Waals surface area contributed by atoms with Crippen molar-refractivity contribution in [1.82, 2.24) is 4.72 Å². The van der Waals surface area contributed by atoms with Crippen molar-refractivity contribution >= 4 is 27.3 Å². The van der Waals surface area contributed by atoms with E-state index in [1.807, 2.05) is 29.2 Å². The molecule has 7 heteroatoms. The first-order chi connectivity index (χ1) is 10.0. The number of nitrogens with zero attached hydrogens (tertiary/aromatic N) is 1. The van der Waals surface area contributed by atoms with Crippen molar-refractivity contribution in [1.29, 1.82) is 0 Å². The van der Waals surface area contributed by atoms with Gasteiger partial charge in [0.25, 0.3) is 0 Å². The number of anilines is 2. The summed E-state index contributed by atoms with van der Waals surface area (Å²) >= 11 is 0. The van der Waals surface area contributed by atoms with Crippen LogP contribution in [0.15, 0.2) is 24.3 Å². The molecule has 6 nitrogen and oxygen atoms in total. The molecule has 4 rings (SSSR count). The predicted molar refractivity (Wildman–Crippen MR) is 79.7 cm³/mol. The number of para-hydroxylation sites is 2. The van der Waals surface area contributed by atoms with Crippen LogP contribution in [0.1, 0.15) is 19.3 Å². The van der Waals surface area contributed by atoms with Crippen molar-refractivity contribution in [3.63, 3.8) is 0 Å². The van der Waals surface area contributed by atoms with Crippen LogP contribution in [-0.4, -0.2) is 38.2 Å². The molecule has 1 aromatic rings. The minimum Gasteiger partial charge on any atom is -0.356 e. The maximum atomic E-state index is 12.2. The average molecular weight is 307 g/mol. The van der Waals surface area contributed by atoms with Gasteiger partial charge in [-0.15, -0.1) is 0 Å². The monoisotopic (exact) mass is 307 g/mol. The van der Waals surface area contributed by atoms with Gasteiger partial charge in [-0.05, 0) is 31.4 Å². The van der Waals surface area contributed by atoms with E-state index in [-0.39, 0.29) is 23.2 Å². The highest BCUT2D eigenvalue weighted by atomic mass is 32.2. The zero-order chi connectivity index (χ0) is 14.6. The summed E-state index contributed by atoms with van der Waals surface area (Å²) in [7, 11) is -3.22. The molecule has 21 heavy (non-hydrogen) atoms. The van der Waals surface area contributed by atoms with Gasteiger partial charge in [0, 0.05) is 12.6 Å².